The molecule has 3 N–H and O–H groups in total. The number of Topliss-reactive ketones (excluding diaryl/α,β-unsaturated/α-hetero) is 1. The average Bonchev–Trinajstić information content (AvgIpc) is 2.53. The van der Waals surface area contributed by atoms with Crippen molar-refractivity contribution in [2.45, 2.75) is 6.92 Å². The highest BCUT2D eigenvalue weighted by molar-refractivity contribution is 6.05. The van der Waals surface area contributed by atoms with E-state index in [2.05, 4.69) is 10.2 Å². The van der Waals surface area contributed by atoms with Crippen LogP contribution in [0.3, 0.4) is 0 Å². The maximum absolute atomic E-state index is 12.1. The summed E-state index contributed by atoms with van der Waals surface area (Å²) in [6, 6.07) is 8.01. The van der Waals surface area contributed by atoms with Crippen LogP contribution in [0.2, 0.25) is 0 Å². The van der Waals surface area contributed by atoms with Crippen molar-refractivity contribution in [1.82, 2.24) is 10.2 Å². The summed E-state index contributed by atoms with van der Waals surface area (Å²) in [6.07, 6.45) is 0. The Balaban J connectivity index is 2.25. The third-order valence-corrected chi connectivity index (χ3v) is 3.01. The molecule has 0 saturated carbocycles. The number of hydrogen-bond donors (Lipinski definition) is 2. The van der Waals surface area contributed by atoms with Crippen LogP contribution < -0.4 is 11.3 Å². The van der Waals surface area contributed by atoms with Crippen LogP contribution in [0.25, 0.3) is 10.8 Å². The number of H-pyrrole nitrogens is 1. The number of nitrogens with two attached hydrogens (primary N) is 1. The Labute approximate surface area is 130 Å². The minimum Gasteiger partial charge on any atom is -0.452 e. The summed E-state index contributed by atoms with van der Waals surface area (Å²) in [7, 11) is 0. The SMILES string of the molecule is CC(N)=C(C#N)C(=O)COC(=O)c1n[nH]c(=O)c2ccccc12. The summed E-state index contributed by atoms with van der Waals surface area (Å²) >= 11 is 0. The maximum Gasteiger partial charge on any atom is 0.359 e. The standard InChI is InChI=1S/C15H12N4O4/c1-8(17)11(6-16)12(20)7-23-15(22)13-9-4-2-3-5-10(9)14(21)19-18-13/h2-5H,7,17H2,1H3,(H,19,21). The Morgan fingerprint density at radius 3 is 2.61 bits per heavy atom. The summed E-state index contributed by atoms with van der Waals surface area (Å²) < 4.78 is 4.86. The van der Waals surface area contributed by atoms with Crippen molar-refractivity contribution in [3.05, 3.63) is 51.6 Å². The van der Waals surface area contributed by atoms with Gasteiger partial charge in [0.2, 0.25) is 5.78 Å². The third-order valence-electron chi connectivity index (χ3n) is 3.01. The molecule has 0 fully saturated rings. The number of rotatable bonds is 4. The Morgan fingerprint density at radius 1 is 1.35 bits per heavy atom. The van der Waals surface area contributed by atoms with Crippen molar-refractivity contribution < 1.29 is 14.3 Å². The molecular formula is C15H12N4O4. The van der Waals surface area contributed by atoms with Gasteiger partial charge in [-0.3, -0.25) is 9.59 Å². The van der Waals surface area contributed by atoms with Gasteiger partial charge in [0.05, 0.1) is 5.39 Å². The number of nitriles is 1. The lowest BCUT2D eigenvalue weighted by atomic mass is 10.1. The number of nitrogens with one attached hydrogen (secondary N) is 1. The van der Waals surface area contributed by atoms with Crippen LogP contribution >= 0.6 is 0 Å². The van der Waals surface area contributed by atoms with Crippen molar-refractivity contribution in [3.63, 3.8) is 0 Å². The van der Waals surface area contributed by atoms with Crippen LogP contribution in [0, 0.1) is 11.3 Å². The van der Waals surface area contributed by atoms with E-state index in [1.165, 1.54) is 13.0 Å². The van der Waals surface area contributed by atoms with Crippen LogP contribution in [0.4, 0.5) is 0 Å². The molecule has 0 aliphatic carbocycles. The zero-order valence-corrected chi connectivity index (χ0v) is 12.1. The van der Waals surface area contributed by atoms with Crippen molar-refractivity contribution >= 4 is 22.5 Å². The zero-order chi connectivity index (χ0) is 17.0. The molecule has 0 amide bonds. The first-order valence-electron chi connectivity index (χ1n) is 6.50. The second kappa shape index (κ2) is 6.53. The normalized spacial score (nSPS) is 11.5. The summed E-state index contributed by atoms with van der Waals surface area (Å²) in [6.45, 7) is 0.751. The van der Waals surface area contributed by atoms with Gasteiger partial charge < -0.3 is 10.5 Å². The Bertz CT molecular complexity index is 917. The highest BCUT2D eigenvalue weighted by Crippen LogP contribution is 2.13. The van der Waals surface area contributed by atoms with E-state index < -0.39 is 23.9 Å². The van der Waals surface area contributed by atoms with Gasteiger partial charge >= 0.3 is 5.97 Å². The van der Waals surface area contributed by atoms with E-state index in [0.29, 0.717) is 5.39 Å². The lowest BCUT2D eigenvalue weighted by molar-refractivity contribution is -0.118. The van der Waals surface area contributed by atoms with Crippen molar-refractivity contribution in [2.75, 3.05) is 6.61 Å². The van der Waals surface area contributed by atoms with E-state index in [9.17, 15) is 14.4 Å². The number of ether oxygens (including phenoxy) is 1. The molecule has 23 heavy (non-hydrogen) atoms. The van der Waals surface area contributed by atoms with Crippen LogP contribution in [0.15, 0.2) is 40.3 Å². The number of esters is 1. The number of hydrogen-bond acceptors (Lipinski definition) is 7. The highest BCUT2D eigenvalue weighted by Gasteiger charge is 2.18. The van der Waals surface area contributed by atoms with Crippen molar-refractivity contribution in [1.29, 1.82) is 5.26 Å². The fourth-order valence-corrected chi connectivity index (χ4v) is 1.91. The summed E-state index contributed by atoms with van der Waals surface area (Å²) in [4.78, 5) is 35.5. The molecule has 2 rings (SSSR count). The van der Waals surface area contributed by atoms with Crippen LogP contribution in [0.1, 0.15) is 17.4 Å². The smallest absolute Gasteiger partial charge is 0.359 e. The van der Waals surface area contributed by atoms with Gasteiger partial charge in [-0.25, -0.2) is 9.89 Å². The van der Waals surface area contributed by atoms with Crippen molar-refractivity contribution in [2.24, 2.45) is 5.73 Å². The summed E-state index contributed by atoms with van der Waals surface area (Å²) in [5.41, 5.74) is 4.61. The van der Waals surface area contributed by atoms with Crippen molar-refractivity contribution in [3.8, 4) is 6.07 Å². The molecule has 0 bridgehead atoms. The predicted molar refractivity (Wildman–Crippen MR) is 80.2 cm³/mol. The predicted octanol–water partition coefficient (Wildman–Crippen LogP) is 0.405. The topological polar surface area (TPSA) is 139 Å². The number of nitrogens with zero attached hydrogens (tertiary/aromatic N) is 2. The lowest BCUT2D eigenvalue weighted by Crippen LogP contribution is -2.20. The van der Waals surface area contributed by atoms with Gasteiger partial charge in [-0.2, -0.15) is 10.4 Å². The van der Waals surface area contributed by atoms with Gasteiger partial charge in [0.25, 0.3) is 5.56 Å². The number of ketones is 1. The third kappa shape index (κ3) is 3.24. The summed E-state index contributed by atoms with van der Waals surface area (Å²) in [5.74, 6) is -1.60. The van der Waals surface area contributed by atoms with E-state index >= 15 is 0 Å². The van der Waals surface area contributed by atoms with Crippen LogP contribution in [0.5, 0.6) is 0 Å². The monoisotopic (exact) mass is 312 g/mol. The van der Waals surface area contributed by atoms with Gasteiger partial charge in [0, 0.05) is 11.1 Å². The van der Waals surface area contributed by atoms with E-state index in [1.807, 2.05) is 0 Å². The van der Waals surface area contributed by atoms with E-state index in [0.717, 1.165) is 0 Å². The maximum atomic E-state index is 12.1. The number of aromatic amines is 1. The Kier molecular flexibility index (Phi) is 4.52. The van der Waals surface area contributed by atoms with Gasteiger partial charge in [-0.05, 0) is 13.0 Å². The molecule has 116 valence electrons. The molecule has 0 atom stereocenters. The minimum absolute atomic E-state index is 0.0427. The second-order valence-electron chi connectivity index (χ2n) is 4.62. The first-order valence-corrected chi connectivity index (χ1v) is 6.50. The molecule has 0 spiro atoms. The molecule has 1 heterocycles. The number of benzene rings is 1. The molecule has 0 saturated heterocycles. The van der Waals surface area contributed by atoms with E-state index in [1.54, 1.807) is 24.3 Å². The van der Waals surface area contributed by atoms with Gasteiger partial charge in [-0.1, -0.05) is 18.2 Å². The Hall–Kier alpha value is -3.47. The molecule has 8 heteroatoms. The average molecular weight is 312 g/mol. The van der Waals surface area contributed by atoms with E-state index in [-0.39, 0.29) is 22.4 Å². The fourth-order valence-electron chi connectivity index (χ4n) is 1.91. The molecule has 1 aromatic carbocycles. The molecule has 0 unspecified atom stereocenters. The minimum atomic E-state index is -0.891. The number of carbonyl (C=O) groups excluding carboxylic acids is 2. The molecular weight excluding hydrogens is 300 g/mol. The molecule has 8 nitrogen and oxygen atoms in total. The zero-order valence-electron chi connectivity index (χ0n) is 12.1. The second-order valence-corrected chi connectivity index (χ2v) is 4.62. The molecule has 0 aliphatic rings. The number of fused-ring (bicyclic) bond motifs is 1. The van der Waals surface area contributed by atoms with Gasteiger partial charge in [0.1, 0.15) is 11.6 Å². The summed E-state index contributed by atoms with van der Waals surface area (Å²) in [5, 5.41) is 15.2. The highest BCUT2D eigenvalue weighted by atomic mass is 16.5. The lowest BCUT2D eigenvalue weighted by Gasteiger charge is -2.06. The van der Waals surface area contributed by atoms with Crippen LogP contribution in [-0.2, 0) is 9.53 Å². The number of allylic oxidation sites excluding steroid dienone is 1. The molecule has 0 aliphatic heterocycles. The van der Waals surface area contributed by atoms with Gasteiger partial charge in [0.15, 0.2) is 12.3 Å². The first kappa shape index (κ1) is 15.9. The Morgan fingerprint density at radius 2 is 2.00 bits per heavy atom. The van der Waals surface area contributed by atoms with Crippen LogP contribution in [-0.4, -0.2) is 28.6 Å². The molecule has 2 aromatic rings. The number of aromatic nitrogens is 2. The first-order chi connectivity index (χ1) is 11.0. The largest absolute Gasteiger partial charge is 0.452 e. The van der Waals surface area contributed by atoms with Gasteiger partial charge in [-0.15, -0.1) is 0 Å². The van der Waals surface area contributed by atoms with E-state index in [4.69, 9.17) is 15.7 Å². The molecule has 1 aromatic heterocycles. The fraction of sp³-hybridized carbons (Fsp3) is 0.133. The molecule has 0 radical (unpaired) electrons. The number of carbonyl (C=O) groups is 2. The quantitative estimate of drug-likeness (QED) is 0.473.